The fourth-order valence-electron chi connectivity index (χ4n) is 3.84. The normalized spacial score (nSPS) is 26.2. The van der Waals surface area contributed by atoms with E-state index in [4.69, 9.17) is 9.47 Å². The molecule has 1 rings (SSSR count). The number of nitrogens with one attached hydrogen (secondary N) is 2. The first-order valence-electron chi connectivity index (χ1n) is 8.07. The summed E-state index contributed by atoms with van der Waals surface area (Å²) in [6, 6.07) is 0.0836. The fourth-order valence-corrected chi connectivity index (χ4v) is 3.84. The predicted octanol–water partition coefficient (Wildman–Crippen LogP) is 2.25. The maximum Gasteiger partial charge on any atom is 0.407 e. The lowest BCUT2D eigenvalue weighted by Crippen LogP contribution is -2.49. The van der Waals surface area contributed by atoms with Crippen molar-refractivity contribution in [3.05, 3.63) is 12.7 Å². The third-order valence-electron chi connectivity index (χ3n) is 4.10. The quantitative estimate of drug-likeness (QED) is 0.426. The van der Waals surface area contributed by atoms with Gasteiger partial charge in [0.05, 0.1) is 0 Å². The van der Waals surface area contributed by atoms with Crippen LogP contribution >= 0.6 is 0 Å². The van der Waals surface area contributed by atoms with Gasteiger partial charge >= 0.3 is 12.1 Å². The molecule has 0 radical (unpaired) electrons. The molecular formula is C17H30N2O4. The van der Waals surface area contributed by atoms with Crippen molar-refractivity contribution in [2.45, 2.75) is 46.1 Å². The second kappa shape index (κ2) is 8.34. The highest BCUT2D eigenvalue weighted by Crippen LogP contribution is 2.45. The molecule has 0 aromatic rings. The van der Waals surface area contributed by atoms with E-state index in [1.165, 1.54) is 0 Å². The largest absolute Gasteiger partial charge is 0.459 e. The molecule has 2 atom stereocenters. The molecule has 0 heterocycles. The molecular weight excluding hydrogens is 296 g/mol. The van der Waals surface area contributed by atoms with E-state index in [-0.39, 0.29) is 30.1 Å². The minimum atomic E-state index is -0.522. The summed E-state index contributed by atoms with van der Waals surface area (Å²) in [5, 5.41) is 6.19. The number of rotatable bonds is 7. The molecule has 0 aliphatic heterocycles. The second-order valence-corrected chi connectivity index (χ2v) is 7.44. The van der Waals surface area contributed by atoms with E-state index < -0.39 is 12.1 Å². The number of alkyl carbamates (subject to hydrolysis) is 1. The molecule has 23 heavy (non-hydrogen) atoms. The van der Waals surface area contributed by atoms with Crippen LogP contribution in [0.4, 0.5) is 4.79 Å². The van der Waals surface area contributed by atoms with E-state index in [0.717, 1.165) is 31.9 Å². The summed E-state index contributed by atoms with van der Waals surface area (Å²) in [7, 11) is 1.95. The lowest BCUT2D eigenvalue weighted by atomic mass is 9.62. The minimum Gasteiger partial charge on any atom is -0.459 e. The molecule has 0 spiro atoms. The summed E-state index contributed by atoms with van der Waals surface area (Å²) in [5.41, 5.74) is 0.315. The van der Waals surface area contributed by atoms with Crippen LogP contribution in [0.2, 0.25) is 0 Å². The lowest BCUT2D eigenvalue weighted by molar-refractivity contribution is -0.138. The Morgan fingerprint density at radius 1 is 1.22 bits per heavy atom. The standard InChI is InChI=1S/C17H30N2O4/c1-6-14(20)22-7-8-23-15(21)19-13-9-16(2,3)11-17(4,10-13)12-18-5/h6,13,18H,1,7-12H2,2-5H3,(H,19,21). The van der Waals surface area contributed by atoms with Crippen LogP contribution in [0.15, 0.2) is 12.7 Å². The number of carbonyl (C=O) groups excluding carboxylic acids is 2. The van der Waals surface area contributed by atoms with E-state index >= 15 is 0 Å². The predicted molar refractivity (Wildman–Crippen MR) is 89.1 cm³/mol. The van der Waals surface area contributed by atoms with Gasteiger partial charge in [0.2, 0.25) is 0 Å². The van der Waals surface area contributed by atoms with Crippen LogP contribution in [0.3, 0.4) is 0 Å². The van der Waals surface area contributed by atoms with Gasteiger partial charge in [-0.05, 0) is 37.1 Å². The van der Waals surface area contributed by atoms with E-state index in [2.05, 4.69) is 38.0 Å². The SMILES string of the molecule is C=CC(=O)OCCOC(=O)NC1CC(C)(C)CC(C)(CNC)C1. The molecule has 1 aliphatic carbocycles. The van der Waals surface area contributed by atoms with E-state index in [1.54, 1.807) is 0 Å². The number of hydrogen-bond acceptors (Lipinski definition) is 5. The van der Waals surface area contributed by atoms with Gasteiger partial charge in [-0.15, -0.1) is 0 Å². The van der Waals surface area contributed by atoms with Gasteiger partial charge in [0.25, 0.3) is 0 Å². The molecule has 132 valence electrons. The summed E-state index contributed by atoms with van der Waals surface area (Å²) in [6.45, 7) is 11.0. The molecule has 2 unspecified atom stereocenters. The molecule has 6 nitrogen and oxygen atoms in total. The first-order valence-corrected chi connectivity index (χ1v) is 8.07. The monoisotopic (exact) mass is 326 g/mol. The average Bonchev–Trinajstić information content (AvgIpc) is 2.40. The van der Waals surface area contributed by atoms with Crippen molar-refractivity contribution in [2.24, 2.45) is 10.8 Å². The van der Waals surface area contributed by atoms with Gasteiger partial charge in [0, 0.05) is 18.7 Å². The van der Waals surface area contributed by atoms with E-state index in [1.807, 2.05) is 7.05 Å². The van der Waals surface area contributed by atoms with Gasteiger partial charge in [-0.1, -0.05) is 27.4 Å². The Balaban J connectivity index is 2.43. The summed E-state index contributed by atoms with van der Waals surface area (Å²) in [4.78, 5) is 22.8. The highest BCUT2D eigenvalue weighted by Gasteiger charge is 2.41. The van der Waals surface area contributed by atoms with E-state index in [0.29, 0.717) is 0 Å². The molecule has 1 aliphatic rings. The molecule has 6 heteroatoms. The van der Waals surface area contributed by atoms with Crippen molar-refractivity contribution in [2.75, 3.05) is 26.8 Å². The Hall–Kier alpha value is -1.56. The zero-order chi connectivity index (χ0) is 17.5. The summed E-state index contributed by atoms with van der Waals surface area (Å²) < 4.78 is 9.82. The van der Waals surface area contributed by atoms with Crippen LogP contribution in [-0.2, 0) is 14.3 Å². The van der Waals surface area contributed by atoms with Crippen LogP contribution in [0.25, 0.3) is 0 Å². The van der Waals surface area contributed by atoms with Gasteiger partial charge in [0.15, 0.2) is 0 Å². The summed E-state index contributed by atoms with van der Waals surface area (Å²) in [5.74, 6) is -0.522. The van der Waals surface area contributed by atoms with Crippen molar-refractivity contribution in [3.63, 3.8) is 0 Å². The highest BCUT2D eigenvalue weighted by molar-refractivity contribution is 5.81. The molecule has 0 aromatic carbocycles. The van der Waals surface area contributed by atoms with Crippen molar-refractivity contribution >= 4 is 12.1 Å². The third-order valence-corrected chi connectivity index (χ3v) is 4.10. The van der Waals surface area contributed by atoms with Gasteiger partial charge in [-0.25, -0.2) is 9.59 Å². The summed E-state index contributed by atoms with van der Waals surface area (Å²) in [6.07, 6.45) is 3.57. The number of esters is 1. The van der Waals surface area contributed by atoms with Crippen LogP contribution in [-0.4, -0.2) is 44.9 Å². The fraction of sp³-hybridized carbons (Fsp3) is 0.765. The first kappa shape index (κ1) is 19.5. The van der Waals surface area contributed by atoms with Gasteiger partial charge in [0.1, 0.15) is 13.2 Å². The number of amides is 1. The summed E-state index contributed by atoms with van der Waals surface area (Å²) >= 11 is 0. The Kier molecular flexibility index (Phi) is 7.06. The number of carbonyl (C=O) groups is 2. The molecule has 1 saturated carbocycles. The number of ether oxygens (including phenoxy) is 2. The molecule has 0 aromatic heterocycles. The van der Waals surface area contributed by atoms with Crippen LogP contribution < -0.4 is 10.6 Å². The molecule has 1 fully saturated rings. The Bertz CT molecular complexity index is 436. The third kappa shape index (κ3) is 7.03. The van der Waals surface area contributed by atoms with Crippen molar-refractivity contribution < 1.29 is 19.1 Å². The first-order chi connectivity index (χ1) is 10.7. The Morgan fingerprint density at radius 2 is 1.87 bits per heavy atom. The van der Waals surface area contributed by atoms with Crippen molar-refractivity contribution in [1.82, 2.24) is 10.6 Å². The van der Waals surface area contributed by atoms with Crippen LogP contribution in [0, 0.1) is 10.8 Å². The zero-order valence-electron chi connectivity index (χ0n) is 14.7. The van der Waals surface area contributed by atoms with Gasteiger partial charge in [-0.3, -0.25) is 0 Å². The Morgan fingerprint density at radius 3 is 2.48 bits per heavy atom. The molecule has 0 bridgehead atoms. The van der Waals surface area contributed by atoms with E-state index in [9.17, 15) is 9.59 Å². The van der Waals surface area contributed by atoms with Crippen molar-refractivity contribution in [1.29, 1.82) is 0 Å². The van der Waals surface area contributed by atoms with Crippen LogP contribution in [0.1, 0.15) is 40.0 Å². The zero-order valence-corrected chi connectivity index (χ0v) is 14.7. The van der Waals surface area contributed by atoms with Crippen LogP contribution in [0.5, 0.6) is 0 Å². The topological polar surface area (TPSA) is 76.7 Å². The molecule has 0 saturated heterocycles. The molecule has 2 N–H and O–H groups in total. The van der Waals surface area contributed by atoms with Crippen molar-refractivity contribution in [3.8, 4) is 0 Å². The highest BCUT2D eigenvalue weighted by atomic mass is 16.6. The molecule has 1 amide bonds. The lowest BCUT2D eigenvalue weighted by Gasteiger charge is -2.46. The van der Waals surface area contributed by atoms with Gasteiger partial charge in [-0.2, -0.15) is 0 Å². The maximum atomic E-state index is 11.9. The maximum absolute atomic E-state index is 11.9. The average molecular weight is 326 g/mol. The minimum absolute atomic E-state index is 0.0336. The van der Waals surface area contributed by atoms with Gasteiger partial charge < -0.3 is 20.1 Å². The Labute approximate surface area is 139 Å². The smallest absolute Gasteiger partial charge is 0.407 e. The second-order valence-electron chi connectivity index (χ2n) is 7.44. The number of hydrogen-bond donors (Lipinski definition) is 2.